The zero-order chi connectivity index (χ0) is 11.6. The van der Waals surface area contributed by atoms with Gasteiger partial charge in [0.2, 0.25) is 0 Å². The van der Waals surface area contributed by atoms with Gasteiger partial charge in [0.05, 0.1) is 0 Å². The zero-order valence-corrected chi connectivity index (χ0v) is 10.7. The Labute approximate surface area is 98.0 Å². The van der Waals surface area contributed by atoms with E-state index in [0.717, 1.165) is 25.8 Å². The summed E-state index contributed by atoms with van der Waals surface area (Å²) in [5.41, 5.74) is 0. The first-order valence-electron chi connectivity index (χ1n) is 6.04. The van der Waals surface area contributed by atoms with Crippen LogP contribution in [0.4, 0.5) is 0 Å². The van der Waals surface area contributed by atoms with Crippen molar-refractivity contribution in [2.75, 3.05) is 39.8 Å². The first kappa shape index (κ1) is 12.3. The molecule has 0 aromatic rings. The van der Waals surface area contributed by atoms with E-state index in [1.807, 2.05) is 7.05 Å². The predicted molar refractivity (Wildman–Crippen MR) is 63.3 cm³/mol. The van der Waals surface area contributed by atoms with Crippen molar-refractivity contribution < 1.29 is 8.42 Å². The molecule has 5 nitrogen and oxygen atoms in total. The average molecular weight is 247 g/mol. The maximum Gasteiger partial charge on any atom is 0.281 e. The molecule has 0 aromatic heterocycles. The molecule has 0 amide bonds. The minimum absolute atomic E-state index is 0.474. The Morgan fingerprint density at radius 3 is 2.50 bits per heavy atom. The zero-order valence-electron chi connectivity index (χ0n) is 9.85. The summed E-state index contributed by atoms with van der Waals surface area (Å²) in [7, 11) is -1.24. The molecule has 2 rings (SSSR count). The van der Waals surface area contributed by atoms with Crippen molar-refractivity contribution in [3.63, 3.8) is 0 Å². The van der Waals surface area contributed by atoms with Crippen molar-refractivity contribution in [1.29, 1.82) is 0 Å². The fourth-order valence-corrected chi connectivity index (χ4v) is 4.33. The quantitative estimate of drug-likeness (QED) is 0.753. The largest absolute Gasteiger partial charge is 0.319 e. The maximum absolute atomic E-state index is 12.2. The number of nitrogens with zero attached hydrogens (tertiary/aromatic N) is 2. The second kappa shape index (κ2) is 5.00. The van der Waals surface area contributed by atoms with E-state index in [-0.39, 0.29) is 0 Å². The molecule has 0 saturated carbocycles. The summed E-state index contributed by atoms with van der Waals surface area (Å²) < 4.78 is 27.7. The van der Waals surface area contributed by atoms with Gasteiger partial charge in [0.25, 0.3) is 10.2 Å². The van der Waals surface area contributed by atoms with Gasteiger partial charge in [0, 0.05) is 26.2 Å². The van der Waals surface area contributed by atoms with Crippen LogP contribution < -0.4 is 5.32 Å². The lowest BCUT2D eigenvalue weighted by molar-refractivity contribution is 0.388. The molecule has 2 fully saturated rings. The summed E-state index contributed by atoms with van der Waals surface area (Å²) >= 11 is 0. The normalized spacial score (nSPS) is 28.9. The first-order chi connectivity index (χ1) is 7.64. The summed E-state index contributed by atoms with van der Waals surface area (Å²) in [4.78, 5) is 0. The first-order valence-corrected chi connectivity index (χ1v) is 7.44. The summed E-state index contributed by atoms with van der Waals surface area (Å²) in [5.74, 6) is 0.474. The smallest absolute Gasteiger partial charge is 0.281 e. The summed E-state index contributed by atoms with van der Waals surface area (Å²) in [6, 6.07) is 0. The Morgan fingerprint density at radius 1 is 1.19 bits per heavy atom. The predicted octanol–water partition coefficient (Wildman–Crippen LogP) is -0.132. The topological polar surface area (TPSA) is 52.7 Å². The number of rotatable bonds is 4. The molecule has 0 bridgehead atoms. The minimum atomic E-state index is -3.15. The van der Waals surface area contributed by atoms with Crippen LogP contribution in [0.5, 0.6) is 0 Å². The van der Waals surface area contributed by atoms with Crippen LogP contribution in [0.1, 0.15) is 19.3 Å². The standard InChI is InChI=1S/C10H21N3O2S/c1-11-8-10-4-7-13(9-10)16(14,15)12-5-2-3-6-12/h10-11H,2-9H2,1H3. The molecule has 2 aliphatic heterocycles. The molecule has 16 heavy (non-hydrogen) atoms. The highest BCUT2D eigenvalue weighted by Crippen LogP contribution is 2.23. The molecule has 6 heteroatoms. The number of hydrogen-bond acceptors (Lipinski definition) is 3. The fraction of sp³-hybridized carbons (Fsp3) is 1.00. The van der Waals surface area contributed by atoms with E-state index in [4.69, 9.17) is 0 Å². The summed E-state index contributed by atoms with van der Waals surface area (Å²) in [5, 5.41) is 3.12. The Balaban J connectivity index is 1.97. The van der Waals surface area contributed by atoms with Gasteiger partial charge < -0.3 is 5.32 Å². The Kier molecular flexibility index (Phi) is 3.84. The SMILES string of the molecule is CNCC1CCN(S(=O)(=O)N2CCCC2)C1. The van der Waals surface area contributed by atoms with E-state index in [0.29, 0.717) is 32.1 Å². The van der Waals surface area contributed by atoms with Crippen LogP contribution >= 0.6 is 0 Å². The minimum Gasteiger partial charge on any atom is -0.319 e. The van der Waals surface area contributed by atoms with Gasteiger partial charge in [-0.1, -0.05) is 0 Å². The van der Waals surface area contributed by atoms with Crippen LogP contribution in [0.25, 0.3) is 0 Å². The van der Waals surface area contributed by atoms with Crippen molar-refractivity contribution in [2.24, 2.45) is 5.92 Å². The fourth-order valence-electron chi connectivity index (χ4n) is 2.54. The van der Waals surface area contributed by atoms with E-state index in [9.17, 15) is 8.42 Å². The van der Waals surface area contributed by atoms with Gasteiger partial charge in [-0.05, 0) is 38.8 Å². The molecular weight excluding hydrogens is 226 g/mol. The lowest BCUT2D eigenvalue weighted by atomic mass is 10.1. The van der Waals surface area contributed by atoms with Crippen molar-refractivity contribution in [2.45, 2.75) is 19.3 Å². The second-order valence-electron chi connectivity index (χ2n) is 4.68. The molecule has 0 spiro atoms. The van der Waals surface area contributed by atoms with E-state index in [1.54, 1.807) is 8.61 Å². The maximum atomic E-state index is 12.2. The Morgan fingerprint density at radius 2 is 1.88 bits per heavy atom. The molecule has 94 valence electrons. The lowest BCUT2D eigenvalue weighted by Gasteiger charge is -2.23. The van der Waals surface area contributed by atoms with E-state index < -0.39 is 10.2 Å². The van der Waals surface area contributed by atoms with Crippen molar-refractivity contribution >= 4 is 10.2 Å². The van der Waals surface area contributed by atoms with Crippen LogP contribution in [0.2, 0.25) is 0 Å². The molecular formula is C10H21N3O2S. The van der Waals surface area contributed by atoms with E-state index >= 15 is 0 Å². The van der Waals surface area contributed by atoms with Gasteiger partial charge >= 0.3 is 0 Å². The highest BCUT2D eigenvalue weighted by Gasteiger charge is 2.36. The van der Waals surface area contributed by atoms with E-state index in [1.165, 1.54) is 0 Å². The molecule has 1 unspecified atom stereocenters. The molecule has 0 aromatic carbocycles. The molecule has 2 aliphatic rings. The average Bonchev–Trinajstić information content (AvgIpc) is 2.88. The van der Waals surface area contributed by atoms with E-state index in [2.05, 4.69) is 5.32 Å². The highest BCUT2D eigenvalue weighted by atomic mass is 32.2. The Bertz CT molecular complexity index is 325. The molecule has 2 saturated heterocycles. The van der Waals surface area contributed by atoms with Crippen LogP contribution in [0, 0.1) is 5.92 Å². The summed E-state index contributed by atoms with van der Waals surface area (Å²) in [6.45, 7) is 3.68. The molecule has 0 aliphatic carbocycles. The van der Waals surface area contributed by atoms with Crippen LogP contribution in [0.3, 0.4) is 0 Å². The van der Waals surface area contributed by atoms with Crippen LogP contribution in [0.15, 0.2) is 0 Å². The lowest BCUT2D eigenvalue weighted by Crippen LogP contribution is -2.41. The van der Waals surface area contributed by atoms with Gasteiger partial charge in [-0.25, -0.2) is 0 Å². The third-order valence-corrected chi connectivity index (χ3v) is 5.46. The van der Waals surface area contributed by atoms with Gasteiger partial charge in [-0.2, -0.15) is 17.0 Å². The molecule has 1 N–H and O–H groups in total. The molecule has 2 heterocycles. The second-order valence-corrected chi connectivity index (χ2v) is 6.61. The number of hydrogen-bond donors (Lipinski definition) is 1. The summed E-state index contributed by atoms with van der Waals surface area (Å²) in [6.07, 6.45) is 2.99. The van der Waals surface area contributed by atoms with Gasteiger partial charge in [0.15, 0.2) is 0 Å². The van der Waals surface area contributed by atoms with Gasteiger partial charge in [-0.15, -0.1) is 0 Å². The molecule has 0 radical (unpaired) electrons. The van der Waals surface area contributed by atoms with Crippen molar-refractivity contribution in [3.8, 4) is 0 Å². The third kappa shape index (κ3) is 2.40. The number of nitrogens with one attached hydrogen (secondary N) is 1. The third-order valence-electron chi connectivity index (χ3n) is 3.46. The van der Waals surface area contributed by atoms with Crippen LogP contribution in [-0.4, -0.2) is 56.8 Å². The van der Waals surface area contributed by atoms with Crippen molar-refractivity contribution in [3.05, 3.63) is 0 Å². The van der Waals surface area contributed by atoms with Gasteiger partial charge in [0.1, 0.15) is 0 Å². The van der Waals surface area contributed by atoms with Crippen LogP contribution in [-0.2, 0) is 10.2 Å². The van der Waals surface area contributed by atoms with Crippen molar-refractivity contribution in [1.82, 2.24) is 13.9 Å². The highest BCUT2D eigenvalue weighted by molar-refractivity contribution is 7.86. The van der Waals surface area contributed by atoms with Gasteiger partial charge in [-0.3, -0.25) is 0 Å². The Hall–Kier alpha value is -0.170. The molecule has 1 atom stereocenters. The monoisotopic (exact) mass is 247 g/mol.